The highest BCUT2D eigenvalue weighted by Gasteiger charge is 2.33. The lowest BCUT2D eigenvalue weighted by atomic mass is 9.93. The van der Waals surface area contributed by atoms with E-state index in [2.05, 4.69) is 5.32 Å². The molecule has 150 valence electrons. The second-order valence-corrected chi connectivity index (χ2v) is 9.29. The predicted octanol–water partition coefficient (Wildman–Crippen LogP) is 0.623. The molecule has 3 N–H and O–H groups in total. The minimum Gasteiger partial charge on any atom is -0.383 e. The van der Waals surface area contributed by atoms with Gasteiger partial charge in [-0.05, 0) is 18.2 Å². The molecule has 12 heteroatoms. The van der Waals surface area contributed by atoms with E-state index in [-0.39, 0.29) is 17.7 Å². The molecular formula is C16H16N2O8S2. The molecule has 0 saturated carbocycles. The topological polar surface area (TPSA) is 158 Å². The lowest BCUT2D eigenvalue weighted by Crippen LogP contribution is -2.42. The second-order valence-electron chi connectivity index (χ2n) is 6.15. The van der Waals surface area contributed by atoms with Gasteiger partial charge in [-0.25, -0.2) is 0 Å². The molecule has 3 rings (SSSR count). The smallest absolute Gasteiger partial charge is 0.266 e. The van der Waals surface area contributed by atoms with Crippen molar-refractivity contribution in [3.8, 4) is 0 Å². The summed E-state index contributed by atoms with van der Waals surface area (Å²) in [5, 5.41) is 3.71. The third-order valence-electron chi connectivity index (χ3n) is 4.24. The van der Waals surface area contributed by atoms with Gasteiger partial charge >= 0.3 is 0 Å². The molecule has 1 aliphatic rings. The summed E-state index contributed by atoms with van der Waals surface area (Å²) in [5.74, 6) is -2.67. The third kappa shape index (κ3) is 4.14. The molecule has 0 spiro atoms. The van der Waals surface area contributed by atoms with Crippen LogP contribution in [0.5, 0.6) is 0 Å². The number of benzene rings is 2. The molecule has 0 atom stereocenters. The van der Waals surface area contributed by atoms with Gasteiger partial charge in [0.05, 0.1) is 11.5 Å². The van der Waals surface area contributed by atoms with E-state index in [1.54, 1.807) is 12.1 Å². The van der Waals surface area contributed by atoms with Crippen molar-refractivity contribution in [2.24, 2.45) is 0 Å². The van der Waals surface area contributed by atoms with Gasteiger partial charge in [0.1, 0.15) is 0 Å². The van der Waals surface area contributed by atoms with Crippen molar-refractivity contribution in [1.82, 2.24) is 4.90 Å². The summed E-state index contributed by atoms with van der Waals surface area (Å²) in [4.78, 5) is 26.1. The molecular weight excluding hydrogens is 412 g/mol. The number of nitrogens with zero attached hydrogens (tertiary/aromatic N) is 1. The molecule has 0 aliphatic carbocycles. The normalized spacial score (nSPS) is 14.6. The Bertz CT molecular complexity index is 1170. The summed E-state index contributed by atoms with van der Waals surface area (Å²) in [6.07, 6.45) is 0. The number of imide groups is 1. The standard InChI is InChI=1S/C16H16N2O8S2/c19-15-11-3-1-2-10-13(17-6-8-27(21,22)23)5-4-12(14(10)11)16(20)18(15)7-9-28(24,25)26/h1-5,17H,6-9H2,(H,21,22,23)(H,24,25,26). The van der Waals surface area contributed by atoms with Crippen molar-refractivity contribution in [2.75, 3.05) is 29.9 Å². The van der Waals surface area contributed by atoms with Crippen LogP contribution in [0.2, 0.25) is 0 Å². The maximum absolute atomic E-state index is 12.7. The molecule has 0 bridgehead atoms. The van der Waals surface area contributed by atoms with Gasteiger partial charge in [0, 0.05) is 40.7 Å². The maximum atomic E-state index is 12.7. The molecule has 1 heterocycles. The van der Waals surface area contributed by atoms with Gasteiger partial charge in [0.25, 0.3) is 32.1 Å². The summed E-state index contributed by atoms with van der Waals surface area (Å²) in [6, 6.07) is 7.68. The van der Waals surface area contributed by atoms with E-state index in [1.165, 1.54) is 18.2 Å². The summed E-state index contributed by atoms with van der Waals surface area (Å²) in [7, 11) is -8.50. The number of rotatable bonds is 7. The van der Waals surface area contributed by atoms with Crippen LogP contribution < -0.4 is 5.32 Å². The van der Waals surface area contributed by atoms with E-state index in [0.717, 1.165) is 4.90 Å². The molecule has 0 unspecified atom stereocenters. The van der Waals surface area contributed by atoms with Crippen molar-refractivity contribution >= 4 is 48.5 Å². The first-order valence-corrected chi connectivity index (χ1v) is 11.3. The molecule has 10 nitrogen and oxygen atoms in total. The van der Waals surface area contributed by atoms with Gasteiger partial charge in [-0.3, -0.25) is 23.6 Å². The van der Waals surface area contributed by atoms with Crippen molar-refractivity contribution in [3.05, 3.63) is 41.5 Å². The van der Waals surface area contributed by atoms with E-state index < -0.39 is 50.1 Å². The lowest BCUT2D eigenvalue weighted by Gasteiger charge is -2.27. The SMILES string of the molecule is O=C1c2cccc3c(NCCS(=O)(=O)O)ccc(c23)C(=O)N1CCS(=O)(=O)O. The van der Waals surface area contributed by atoms with Crippen LogP contribution in [0.3, 0.4) is 0 Å². The van der Waals surface area contributed by atoms with Crippen LogP contribution in [0.15, 0.2) is 30.3 Å². The van der Waals surface area contributed by atoms with Crippen LogP contribution in [0.25, 0.3) is 10.8 Å². The van der Waals surface area contributed by atoms with E-state index in [1.807, 2.05) is 0 Å². The number of carbonyl (C=O) groups excluding carboxylic acids is 2. The van der Waals surface area contributed by atoms with Crippen molar-refractivity contribution in [3.63, 3.8) is 0 Å². The Morgan fingerprint density at radius 1 is 0.857 bits per heavy atom. The van der Waals surface area contributed by atoms with Crippen LogP contribution in [0.1, 0.15) is 20.7 Å². The number of nitrogens with one attached hydrogen (secondary N) is 1. The zero-order valence-corrected chi connectivity index (χ0v) is 16.0. The zero-order valence-electron chi connectivity index (χ0n) is 14.3. The summed E-state index contributed by atoms with van der Waals surface area (Å²) in [5.41, 5.74) is 0.831. The molecule has 2 aromatic carbocycles. The molecule has 2 amide bonds. The van der Waals surface area contributed by atoms with Crippen LogP contribution in [0.4, 0.5) is 5.69 Å². The van der Waals surface area contributed by atoms with Crippen LogP contribution >= 0.6 is 0 Å². The monoisotopic (exact) mass is 428 g/mol. The lowest BCUT2D eigenvalue weighted by molar-refractivity contribution is 0.0620. The van der Waals surface area contributed by atoms with Gasteiger partial charge in [0.15, 0.2) is 0 Å². The van der Waals surface area contributed by atoms with Crippen molar-refractivity contribution in [2.45, 2.75) is 0 Å². The molecule has 1 aliphatic heterocycles. The van der Waals surface area contributed by atoms with E-state index in [9.17, 15) is 26.4 Å². The molecule has 0 fully saturated rings. The highest BCUT2D eigenvalue weighted by Crippen LogP contribution is 2.34. The fraction of sp³-hybridized carbons (Fsp3) is 0.250. The number of carbonyl (C=O) groups is 2. The Morgan fingerprint density at radius 3 is 2.07 bits per heavy atom. The van der Waals surface area contributed by atoms with E-state index in [4.69, 9.17) is 9.11 Å². The quantitative estimate of drug-likeness (QED) is 0.424. The maximum Gasteiger partial charge on any atom is 0.266 e. The Labute approximate surface area is 160 Å². The zero-order chi connectivity index (χ0) is 20.7. The number of hydrogen-bond acceptors (Lipinski definition) is 7. The summed E-state index contributed by atoms with van der Waals surface area (Å²) < 4.78 is 61.4. The summed E-state index contributed by atoms with van der Waals surface area (Å²) in [6.45, 7) is -0.569. The van der Waals surface area contributed by atoms with Gasteiger partial charge in [-0.1, -0.05) is 12.1 Å². The molecule has 0 radical (unpaired) electrons. The summed E-state index contributed by atoms with van der Waals surface area (Å²) >= 11 is 0. The Morgan fingerprint density at radius 2 is 1.46 bits per heavy atom. The van der Waals surface area contributed by atoms with Crippen molar-refractivity contribution < 1.29 is 35.5 Å². The average molecular weight is 428 g/mol. The minimum atomic E-state index is -4.35. The molecule has 0 aromatic heterocycles. The molecule has 2 aromatic rings. The first-order chi connectivity index (χ1) is 13.0. The van der Waals surface area contributed by atoms with Gasteiger partial charge in [0.2, 0.25) is 0 Å². The highest BCUT2D eigenvalue weighted by molar-refractivity contribution is 7.86. The van der Waals surface area contributed by atoms with Crippen LogP contribution in [-0.2, 0) is 20.2 Å². The third-order valence-corrected chi connectivity index (χ3v) is 5.66. The average Bonchev–Trinajstić information content (AvgIpc) is 2.58. The van der Waals surface area contributed by atoms with Crippen LogP contribution in [0, 0.1) is 0 Å². The van der Waals surface area contributed by atoms with E-state index in [0.29, 0.717) is 16.5 Å². The first kappa shape index (κ1) is 20.2. The number of anilines is 1. The fourth-order valence-corrected chi connectivity index (χ4v) is 3.80. The van der Waals surface area contributed by atoms with Gasteiger partial charge < -0.3 is 5.32 Å². The number of amides is 2. The van der Waals surface area contributed by atoms with Gasteiger partial charge in [-0.2, -0.15) is 16.8 Å². The van der Waals surface area contributed by atoms with E-state index >= 15 is 0 Å². The number of hydrogen-bond donors (Lipinski definition) is 3. The second kappa shape index (κ2) is 7.13. The van der Waals surface area contributed by atoms with Gasteiger partial charge in [-0.15, -0.1) is 0 Å². The minimum absolute atomic E-state index is 0.0834. The molecule has 0 saturated heterocycles. The first-order valence-electron chi connectivity index (χ1n) is 8.04. The highest BCUT2D eigenvalue weighted by atomic mass is 32.2. The fourth-order valence-electron chi connectivity index (χ4n) is 3.02. The van der Waals surface area contributed by atoms with Crippen molar-refractivity contribution in [1.29, 1.82) is 0 Å². The Kier molecular flexibility index (Phi) is 5.14. The Balaban J connectivity index is 2.00. The van der Waals surface area contributed by atoms with Crippen LogP contribution in [-0.4, -0.2) is 67.3 Å². The largest absolute Gasteiger partial charge is 0.383 e. The Hall–Kier alpha value is -2.54. The predicted molar refractivity (Wildman–Crippen MR) is 101 cm³/mol. The molecule has 28 heavy (non-hydrogen) atoms.